The summed E-state index contributed by atoms with van der Waals surface area (Å²) < 4.78 is 5.53. The second-order valence-corrected chi connectivity index (χ2v) is 6.60. The molecular formula is C13H22N2OS. The van der Waals surface area contributed by atoms with Gasteiger partial charge in [-0.25, -0.2) is 4.98 Å². The van der Waals surface area contributed by atoms with E-state index in [-0.39, 0.29) is 5.41 Å². The molecule has 1 aliphatic heterocycles. The van der Waals surface area contributed by atoms with Gasteiger partial charge in [-0.05, 0) is 13.3 Å². The smallest absolute Gasteiger partial charge is 0.0982 e. The SMILES string of the molecule is CC1OCCC1NCc1csc(C(C)(C)C)n1. The molecule has 2 heterocycles. The van der Waals surface area contributed by atoms with E-state index < -0.39 is 0 Å². The molecule has 1 aromatic heterocycles. The number of hydrogen-bond donors (Lipinski definition) is 1. The molecule has 2 unspecified atom stereocenters. The Kier molecular flexibility index (Phi) is 3.85. The molecule has 1 saturated heterocycles. The van der Waals surface area contributed by atoms with Crippen molar-refractivity contribution in [1.29, 1.82) is 0 Å². The van der Waals surface area contributed by atoms with Gasteiger partial charge >= 0.3 is 0 Å². The van der Waals surface area contributed by atoms with Crippen molar-refractivity contribution in [3.05, 3.63) is 16.1 Å². The van der Waals surface area contributed by atoms with Gasteiger partial charge in [-0.3, -0.25) is 0 Å². The lowest BCUT2D eigenvalue weighted by atomic mass is 9.98. The molecule has 2 atom stereocenters. The van der Waals surface area contributed by atoms with Crippen LogP contribution in [-0.4, -0.2) is 23.7 Å². The molecule has 0 saturated carbocycles. The van der Waals surface area contributed by atoms with Crippen LogP contribution in [-0.2, 0) is 16.7 Å². The molecule has 0 aromatic carbocycles. The second kappa shape index (κ2) is 5.04. The van der Waals surface area contributed by atoms with E-state index in [4.69, 9.17) is 4.74 Å². The van der Waals surface area contributed by atoms with Crippen LogP contribution in [0.25, 0.3) is 0 Å². The van der Waals surface area contributed by atoms with Gasteiger partial charge in [-0.1, -0.05) is 20.8 Å². The molecule has 96 valence electrons. The first-order valence-corrected chi connectivity index (χ1v) is 7.14. The van der Waals surface area contributed by atoms with Gasteiger partial charge in [0.05, 0.1) is 16.8 Å². The molecule has 1 aromatic rings. The standard InChI is InChI=1S/C13H22N2OS/c1-9-11(5-6-16-9)14-7-10-8-17-12(15-10)13(2,3)4/h8-9,11,14H,5-7H2,1-4H3. The third-order valence-electron chi connectivity index (χ3n) is 3.11. The molecule has 0 spiro atoms. The van der Waals surface area contributed by atoms with Crippen LogP contribution in [0, 0.1) is 0 Å². The lowest BCUT2D eigenvalue weighted by Crippen LogP contribution is -2.34. The Morgan fingerprint density at radius 1 is 1.53 bits per heavy atom. The lowest BCUT2D eigenvalue weighted by molar-refractivity contribution is 0.113. The number of nitrogens with zero attached hydrogens (tertiary/aromatic N) is 1. The predicted molar refractivity (Wildman–Crippen MR) is 71.5 cm³/mol. The van der Waals surface area contributed by atoms with Crippen LogP contribution in [0.4, 0.5) is 0 Å². The molecule has 4 heteroatoms. The van der Waals surface area contributed by atoms with E-state index in [9.17, 15) is 0 Å². The lowest BCUT2D eigenvalue weighted by Gasteiger charge is -2.15. The zero-order valence-electron chi connectivity index (χ0n) is 11.1. The maximum atomic E-state index is 5.53. The number of ether oxygens (including phenoxy) is 1. The van der Waals surface area contributed by atoms with Crippen molar-refractivity contribution in [2.45, 2.75) is 58.2 Å². The minimum atomic E-state index is 0.159. The van der Waals surface area contributed by atoms with Crippen LogP contribution in [0.3, 0.4) is 0 Å². The highest BCUT2D eigenvalue weighted by atomic mass is 32.1. The number of nitrogens with one attached hydrogen (secondary N) is 1. The quantitative estimate of drug-likeness (QED) is 0.900. The van der Waals surface area contributed by atoms with Gasteiger partial charge in [-0.2, -0.15) is 0 Å². The molecule has 1 aliphatic rings. The third-order valence-corrected chi connectivity index (χ3v) is 4.43. The Labute approximate surface area is 108 Å². The highest BCUT2D eigenvalue weighted by molar-refractivity contribution is 7.09. The molecule has 0 bridgehead atoms. The summed E-state index contributed by atoms with van der Waals surface area (Å²) >= 11 is 1.76. The number of aromatic nitrogens is 1. The van der Waals surface area contributed by atoms with Gasteiger partial charge in [0.15, 0.2) is 0 Å². The first-order chi connectivity index (χ1) is 7.97. The Balaban J connectivity index is 1.89. The van der Waals surface area contributed by atoms with E-state index in [0.717, 1.165) is 25.3 Å². The molecular weight excluding hydrogens is 232 g/mol. The highest BCUT2D eigenvalue weighted by Crippen LogP contribution is 2.25. The van der Waals surface area contributed by atoms with E-state index in [0.29, 0.717) is 12.1 Å². The van der Waals surface area contributed by atoms with Crippen molar-refractivity contribution in [3.63, 3.8) is 0 Å². The van der Waals surface area contributed by atoms with Crippen LogP contribution >= 0.6 is 11.3 Å². The van der Waals surface area contributed by atoms with Crippen molar-refractivity contribution in [1.82, 2.24) is 10.3 Å². The Morgan fingerprint density at radius 3 is 2.82 bits per heavy atom. The summed E-state index contributed by atoms with van der Waals surface area (Å²) in [6.45, 7) is 10.5. The molecule has 0 aliphatic carbocycles. The van der Waals surface area contributed by atoms with Crippen LogP contribution in [0.2, 0.25) is 0 Å². The van der Waals surface area contributed by atoms with Crippen molar-refractivity contribution >= 4 is 11.3 Å². The van der Waals surface area contributed by atoms with Gasteiger partial charge in [0.2, 0.25) is 0 Å². The zero-order chi connectivity index (χ0) is 12.5. The summed E-state index contributed by atoms with van der Waals surface area (Å²) in [6, 6.07) is 0.481. The van der Waals surface area contributed by atoms with Crippen molar-refractivity contribution in [3.8, 4) is 0 Å². The van der Waals surface area contributed by atoms with E-state index >= 15 is 0 Å². The fourth-order valence-corrected chi connectivity index (χ4v) is 2.88. The Morgan fingerprint density at radius 2 is 2.29 bits per heavy atom. The predicted octanol–water partition coefficient (Wildman–Crippen LogP) is 2.71. The van der Waals surface area contributed by atoms with Gasteiger partial charge in [-0.15, -0.1) is 11.3 Å². The summed E-state index contributed by atoms with van der Waals surface area (Å²) in [4.78, 5) is 4.68. The highest BCUT2D eigenvalue weighted by Gasteiger charge is 2.24. The molecule has 0 amide bonds. The van der Waals surface area contributed by atoms with Gasteiger partial charge in [0, 0.05) is 30.0 Å². The first-order valence-electron chi connectivity index (χ1n) is 6.26. The van der Waals surface area contributed by atoms with Crippen molar-refractivity contribution < 1.29 is 4.74 Å². The van der Waals surface area contributed by atoms with Crippen LogP contribution < -0.4 is 5.32 Å². The van der Waals surface area contributed by atoms with Gasteiger partial charge in [0.1, 0.15) is 0 Å². The molecule has 0 radical (unpaired) electrons. The topological polar surface area (TPSA) is 34.1 Å². The van der Waals surface area contributed by atoms with E-state index in [1.807, 2.05) is 0 Å². The molecule has 17 heavy (non-hydrogen) atoms. The summed E-state index contributed by atoms with van der Waals surface area (Å²) in [5, 5.41) is 6.91. The number of thiazole rings is 1. The normalized spacial score (nSPS) is 25.4. The van der Waals surface area contributed by atoms with Crippen LogP contribution in [0.1, 0.15) is 44.8 Å². The van der Waals surface area contributed by atoms with Gasteiger partial charge < -0.3 is 10.1 Å². The Hall–Kier alpha value is -0.450. The molecule has 1 N–H and O–H groups in total. The van der Waals surface area contributed by atoms with Crippen molar-refractivity contribution in [2.24, 2.45) is 0 Å². The fourth-order valence-electron chi connectivity index (χ4n) is 1.97. The maximum absolute atomic E-state index is 5.53. The summed E-state index contributed by atoms with van der Waals surface area (Å²) in [5.74, 6) is 0. The number of hydrogen-bond acceptors (Lipinski definition) is 4. The van der Waals surface area contributed by atoms with Crippen molar-refractivity contribution in [2.75, 3.05) is 6.61 Å². The van der Waals surface area contributed by atoms with E-state index in [1.165, 1.54) is 5.01 Å². The average molecular weight is 254 g/mol. The third kappa shape index (κ3) is 3.27. The molecule has 2 rings (SSSR count). The van der Waals surface area contributed by atoms with Gasteiger partial charge in [0.25, 0.3) is 0 Å². The van der Waals surface area contributed by atoms with E-state index in [2.05, 4.69) is 43.4 Å². The largest absolute Gasteiger partial charge is 0.377 e. The first kappa shape index (κ1) is 13.0. The average Bonchev–Trinajstić information content (AvgIpc) is 2.82. The van der Waals surface area contributed by atoms with Crippen LogP contribution in [0.15, 0.2) is 5.38 Å². The fraction of sp³-hybridized carbons (Fsp3) is 0.769. The minimum Gasteiger partial charge on any atom is -0.377 e. The monoisotopic (exact) mass is 254 g/mol. The van der Waals surface area contributed by atoms with Crippen LogP contribution in [0.5, 0.6) is 0 Å². The molecule has 1 fully saturated rings. The summed E-state index contributed by atoms with van der Waals surface area (Å²) in [7, 11) is 0. The molecule has 3 nitrogen and oxygen atoms in total. The maximum Gasteiger partial charge on any atom is 0.0982 e. The summed E-state index contributed by atoms with van der Waals surface area (Å²) in [6.07, 6.45) is 1.44. The summed E-state index contributed by atoms with van der Waals surface area (Å²) in [5.41, 5.74) is 1.31. The Bertz CT molecular complexity index is 370. The number of rotatable bonds is 3. The minimum absolute atomic E-state index is 0.159. The zero-order valence-corrected chi connectivity index (χ0v) is 11.9. The van der Waals surface area contributed by atoms with E-state index in [1.54, 1.807) is 11.3 Å². The second-order valence-electron chi connectivity index (χ2n) is 5.75.